The third-order valence-corrected chi connectivity index (χ3v) is 3.55. The van der Waals surface area contributed by atoms with Gasteiger partial charge in [0, 0.05) is 12.2 Å². The monoisotopic (exact) mass is 329 g/mol. The van der Waals surface area contributed by atoms with Crippen LogP contribution in [0.5, 0.6) is 17.2 Å². The van der Waals surface area contributed by atoms with E-state index in [9.17, 15) is 0 Å². The van der Waals surface area contributed by atoms with Crippen molar-refractivity contribution in [3.8, 4) is 17.2 Å². The second kappa shape index (κ2) is 7.47. The maximum absolute atomic E-state index is 5.90. The zero-order valence-corrected chi connectivity index (χ0v) is 15.4. The highest BCUT2D eigenvalue weighted by Gasteiger charge is 2.12. The Bertz CT molecular complexity index is 690. The predicted molar refractivity (Wildman–Crippen MR) is 98.4 cm³/mol. The first-order valence-electron chi connectivity index (χ1n) is 8.07. The van der Waals surface area contributed by atoms with Crippen LogP contribution >= 0.6 is 0 Å². The molecular formula is C20H27NO3. The summed E-state index contributed by atoms with van der Waals surface area (Å²) in [4.78, 5) is 0. The minimum Gasteiger partial charge on any atom is -0.493 e. The Labute approximate surface area is 144 Å². The Morgan fingerprint density at radius 3 is 2.21 bits per heavy atom. The average molecular weight is 329 g/mol. The smallest absolute Gasteiger partial charge is 0.161 e. The molecule has 0 aliphatic rings. The van der Waals surface area contributed by atoms with Gasteiger partial charge in [0.2, 0.25) is 0 Å². The van der Waals surface area contributed by atoms with E-state index < -0.39 is 0 Å². The molecule has 0 fully saturated rings. The van der Waals surface area contributed by atoms with Gasteiger partial charge in [-0.05, 0) is 69.2 Å². The molecule has 0 saturated carbocycles. The van der Waals surface area contributed by atoms with Crippen LogP contribution in [0.15, 0.2) is 36.4 Å². The molecule has 2 rings (SSSR count). The minimum absolute atomic E-state index is 0.193. The summed E-state index contributed by atoms with van der Waals surface area (Å²) in [5.74, 6) is 2.36. The van der Waals surface area contributed by atoms with Gasteiger partial charge >= 0.3 is 0 Å². The van der Waals surface area contributed by atoms with Crippen molar-refractivity contribution in [3.05, 3.63) is 47.5 Å². The average Bonchev–Trinajstić information content (AvgIpc) is 2.52. The van der Waals surface area contributed by atoms with Gasteiger partial charge in [-0.25, -0.2) is 0 Å². The molecule has 0 aliphatic heterocycles. The first-order valence-corrected chi connectivity index (χ1v) is 8.07. The molecule has 0 atom stereocenters. The van der Waals surface area contributed by atoms with Crippen molar-refractivity contribution in [2.24, 2.45) is 0 Å². The highest BCUT2D eigenvalue weighted by atomic mass is 16.5. The quantitative estimate of drug-likeness (QED) is 0.826. The van der Waals surface area contributed by atoms with Crippen LogP contribution in [-0.2, 0) is 6.54 Å². The lowest BCUT2D eigenvalue weighted by Crippen LogP contribution is -2.22. The van der Waals surface area contributed by atoms with Gasteiger partial charge in [0.1, 0.15) is 11.4 Å². The van der Waals surface area contributed by atoms with E-state index in [0.717, 1.165) is 34.1 Å². The Balaban J connectivity index is 2.07. The Hall–Kier alpha value is -2.36. The number of nitrogens with one attached hydrogen (secondary N) is 1. The van der Waals surface area contributed by atoms with Crippen LogP contribution in [-0.4, -0.2) is 19.8 Å². The fraction of sp³-hybridized carbons (Fsp3) is 0.400. The summed E-state index contributed by atoms with van der Waals surface area (Å²) in [6, 6.07) is 12.0. The second-order valence-electron chi connectivity index (χ2n) is 6.73. The second-order valence-corrected chi connectivity index (χ2v) is 6.73. The van der Waals surface area contributed by atoms with Gasteiger partial charge in [0.05, 0.1) is 14.2 Å². The van der Waals surface area contributed by atoms with Crippen molar-refractivity contribution in [2.45, 2.75) is 39.8 Å². The van der Waals surface area contributed by atoms with E-state index in [2.05, 4.69) is 24.4 Å². The molecule has 0 bridgehead atoms. The molecule has 0 unspecified atom stereocenters. The molecule has 4 heteroatoms. The van der Waals surface area contributed by atoms with Gasteiger partial charge in [-0.15, -0.1) is 0 Å². The third kappa shape index (κ3) is 4.82. The normalized spacial score (nSPS) is 11.1. The number of benzene rings is 2. The molecule has 0 aliphatic carbocycles. The standard InChI is InChI=1S/C20H27NO3/c1-14-11-16(24-20(2,3)4)8-9-17(14)21-13-15-7-10-18(22-5)19(12-15)23-6/h7-12,21H,13H2,1-6H3. The Morgan fingerprint density at radius 2 is 1.62 bits per heavy atom. The van der Waals surface area contributed by atoms with Crippen LogP contribution in [0.25, 0.3) is 0 Å². The van der Waals surface area contributed by atoms with E-state index in [1.165, 1.54) is 0 Å². The maximum Gasteiger partial charge on any atom is 0.161 e. The van der Waals surface area contributed by atoms with Gasteiger partial charge < -0.3 is 19.5 Å². The number of aryl methyl sites for hydroxylation is 1. The molecule has 4 nitrogen and oxygen atoms in total. The third-order valence-electron chi connectivity index (χ3n) is 3.55. The Morgan fingerprint density at radius 1 is 0.917 bits per heavy atom. The lowest BCUT2D eigenvalue weighted by Gasteiger charge is -2.22. The van der Waals surface area contributed by atoms with Crippen molar-refractivity contribution < 1.29 is 14.2 Å². The predicted octanol–water partition coefficient (Wildman–Crippen LogP) is 4.80. The van der Waals surface area contributed by atoms with Gasteiger partial charge in [-0.2, -0.15) is 0 Å². The minimum atomic E-state index is -0.193. The molecule has 0 spiro atoms. The van der Waals surface area contributed by atoms with E-state index in [4.69, 9.17) is 14.2 Å². The zero-order chi connectivity index (χ0) is 17.7. The number of rotatable bonds is 6. The molecule has 130 valence electrons. The molecule has 1 N–H and O–H groups in total. The first-order chi connectivity index (χ1) is 11.3. The van der Waals surface area contributed by atoms with E-state index in [1.54, 1.807) is 14.2 Å². The molecular weight excluding hydrogens is 302 g/mol. The van der Waals surface area contributed by atoms with Crippen LogP contribution in [0, 0.1) is 6.92 Å². The van der Waals surface area contributed by atoms with E-state index >= 15 is 0 Å². The van der Waals surface area contributed by atoms with Crippen LogP contribution in [0.1, 0.15) is 31.9 Å². The highest BCUT2D eigenvalue weighted by molar-refractivity contribution is 5.54. The maximum atomic E-state index is 5.90. The molecule has 0 saturated heterocycles. The molecule has 0 amide bonds. The van der Waals surface area contributed by atoms with Crippen molar-refractivity contribution >= 4 is 5.69 Å². The fourth-order valence-electron chi connectivity index (χ4n) is 2.44. The summed E-state index contributed by atoms with van der Waals surface area (Å²) in [6.45, 7) is 8.93. The molecule has 2 aromatic rings. The van der Waals surface area contributed by atoms with Gasteiger partial charge in [-0.1, -0.05) is 6.07 Å². The van der Waals surface area contributed by atoms with Crippen molar-refractivity contribution in [1.29, 1.82) is 0 Å². The van der Waals surface area contributed by atoms with Crippen molar-refractivity contribution in [3.63, 3.8) is 0 Å². The van der Waals surface area contributed by atoms with E-state index in [0.29, 0.717) is 6.54 Å². The number of hydrogen-bond donors (Lipinski definition) is 1. The van der Waals surface area contributed by atoms with Crippen LogP contribution in [0.2, 0.25) is 0 Å². The summed E-state index contributed by atoms with van der Waals surface area (Å²) < 4.78 is 16.5. The summed E-state index contributed by atoms with van der Waals surface area (Å²) in [5.41, 5.74) is 3.17. The van der Waals surface area contributed by atoms with Crippen LogP contribution in [0.4, 0.5) is 5.69 Å². The summed E-state index contributed by atoms with van der Waals surface area (Å²) in [6.07, 6.45) is 0. The van der Waals surface area contributed by atoms with Crippen molar-refractivity contribution in [1.82, 2.24) is 0 Å². The largest absolute Gasteiger partial charge is 0.493 e. The first kappa shape index (κ1) is 18.0. The zero-order valence-electron chi connectivity index (χ0n) is 15.4. The van der Waals surface area contributed by atoms with Gasteiger partial charge in [0.25, 0.3) is 0 Å². The number of hydrogen-bond acceptors (Lipinski definition) is 4. The molecule has 0 heterocycles. The highest BCUT2D eigenvalue weighted by Crippen LogP contribution is 2.29. The fourth-order valence-corrected chi connectivity index (χ4v) is 2.44. The van der Waals surface area contributed by atoms with Crippen LogP contribution in [0.3, 0.4) is 0 Å². The molecule has 2 aromatic carbocycles. The van der Waals surface area contributed by atoms with Gasteiger partial charge in [-0.3, -0.25) is 0 Å². The molecule has 0 aromatic heterocycles. The van der Waals surface area contributed by atoms with Crippen molar-refractivity contribution in [2.75, 3.05) is 19.5 Å². The van der Waals surface area contributed by atoms with Crippen LogP contribution < -0.4 is 19.5 Å². The molecule has 24 heavy (non-hydrogen) atoms. The van der Waals surface area contributed by atoms with Gasteiger partial charge in [0.15, 0.2) is 11.5 Å². The SMILES string of the molecule is COc1ccc(CNc2ccc(OC(C)(C)C)cc2C)cc1OC. The van der Waals surface area contributed by atoms with E-state index in [-0.39, 0.29) is 5.60 Å². The number of anilines is 1. The lowest BCUT2D eigenvalue weighted by molar-refractivity contribution is 0.131. The molecule has 0 radical (unpaired) electrons. The summed E-state index contributed by atoms with van der Waals surface area (Å²) in [5, 5.41) is 3.46. The number of methoxy groups -OCH3 is 2. The number of ether oxygens (including phenoxy) is 3. The Kier molecular flexibility index (Phi) is 5.60. The van der Waals surface area contributed by atoms with E-state index in [1.807, 2.05) is 45.0 Å². The summed E-state index contributed by atoms with van der Waals surface area (Å²) >= 11 is 0. The topological polar surface area (TPSA) is 39.7 Å². The summed E-state index contributed by atoms with van der Waals surface area (Å²) in [7, 11) is 3.29. The lowest BCUT2D eigenvalue weighted by atomic mass is 10.1.